The third-order valence-electron chi connectivity index (χ3n) is 3.18. The number of halogens is 1. The Hall–Kier alpha value is -1.22. The molecule has 1 saturated heterocycles. The molecule has 17 heavy (non-hydrogen) atoms. The average Bonchev–Trinajstić information content (AvgIpc) is 2.39. The van der Waals surface area contributed by atoms with Crippen LogP contribution in [-0.2, 0) is 0 Å². The number of amides is 1. The first-order valence-electron chi connectivity index (χ1n) is 5.88. The minimum Gasteiger partial charge on any atom is -0.508 e. The molecule has 1 heterocycles. The van der Waals surface area contributed by atoms with E-state index < -0.39 is 0 Å². The van der Waals surface area contributed by atoms with Crippen molar-refractivity contribution in [1.82, 2.24) is 4.90 Å². The number of phenolic OH excluding ortho intramolecular Hbond substituents is 1. The summed E-state index contributed by atoms with van der Waals surface area (Å²) < 4.78 is 0. The van der Waals surface area contributed by atoms with Crippen molar-refractivity contribution in [2.45, 2.75) is 25.3 Å². The summed E-state index contributed by atoms with van der Waals surface area (Å²) in [4.78, 5) is 14.1. The van der Waals surface area contributed by atoms with Gasteiger partial charge in [-0.05, 0) is 43.5 Å². The van der Waals surface area contributed by atoms with Crippen LogP contribution in [0, 0.1) is 0 Å². The van der Waals surface area contributed by atoms with Gasteiger partial charge in [0.15, 0.2) is 0 Å². The standard InChI is InChI=1S/C13H16ClNO2/c14-9-11-3-1-2-8-15(11)13(17)10-4-6-12(16)7-5-10/h4-7,11,16H,1-3,8-9H2. The maximum absolute atomic E-state index is 12.3. The van der Waals surface area contributed by atoms with E-state index in [1.807, 2.05) is 4.90 Å². The van der Waals surface area contributed by atoms with Gasteiger partial charge in [-0.2, -0.15) is 0 Å². The fourth-order valence-corrected chi connectivity index (χ4v) is 2.52. The number of rotatable bonds is 2. The van der Waals surface area contributed by atoms with E-state index in [1.54, 1.807) is 12.1 Å². The topological polar surface area (TPSA) is 40.5 Å². The van der Waals surface area contributed by atoms with Gasteiger partial charge < -0.3 is 10.0 Å². The van der Waals surface area contributed by atoms with Crippen molar-refractivity contribution in [1.29, 1.82) is 0 Å². The molecule has 1 N–H and O–H groups in total. The summed E-state index contributed by atoms with van der Waals surface area (Å²) in [5.41, 5.74) is 0.611. The van der Waals surface area contributed by atoms with Gasteiger partial charge in [-0.1, -0.05) is 0 Å². The van der Waals surface area contributed by atoms with Gasteiger partial charge in [0, 0.05) is 24.0 Å². The predicted molar refractivity (Wildman–Crippen MR) is 67.5 cm³/mol. The molecule has 0 bridgehead atoms. The van der Waals surface area contributed by atoms with Gasteiger partial charge in [-0.15, -0.1) is 11.6 Å². The predicted octanol–water partition coefficient (Wildman–Crippen LogP) is 2.63. The molecule has 92 valence electrons. The molecular weight excluding hydrogens is 238 g/mol. The highest BCUT2D eigenvalue weighted by Gasteiger charge is 2.26. The van der Waals surface area contributed by atoms with Crippen LogP contribution in [0.3, 0.4) is 0 Å². The monoisotopic (exact) mass is 253 g/mol. The summed E-state index contributed by atoms with van der Waals surface area (Å²) in [7, 11) is 0. The number of alkyl halides is 1. The summed E-state index contributed by atoms with van der Waals surface area (Å²) in [6, 6.07) is 6.52. The number of piperidine rings is 1. The van der Waals surface area contributed by atoms with Crippen molar-refractivity contribution in [3.05, 3.63) is 29.8 Å². The van der Waals surface area contributed by atoms with Crippen LogP contribution in [-0.4, -0.2) is 34.4 Å². The van der Waals surface area contributed by atoms with E-state index in [0.717, 1.165) is 25.8 Å². The van der Waals surface area contributed by atoms with Gasteiger partial charge in [0.2, 0.25) is 0 Å². The zero-order valence-electron chi connectivity index (χ0n) is 9.60. The van der Waals surface area contributed by atoms with E-state index in [2.05, 4.69) is 0 Å². The normalized spacial score (nSPS) is 20.3. The van der Waals surface area contributed by atoms with Gasteiger partial charge in [0.1, 0.15) is 5.75 Å². The van der Waals surface area contributed by atoms with Crippen molar-refractivity contribution in [3.8, 4) is 5.75 Å². The number of aromatic hydroxyl groups is 1. The summed E-state index contributed by atoms with van der Waals surface area (Å²) >= 11 is 5.90. The number of hydrogen-bond acceptors (Lipinski definition) is 2. The molecule has 0 saturated carbocycles. The van der Waals surface area contributed by atoms with Crippen LogP contribution in [0.25, 0.3) is 0 Å². The number of likely N-dealkylation sites (tertiary alicyclic amines) is 1. The molecule has 0 aromatic heterocycles. The minimum absolute atomic E-state index is 0.00958. The molecule has 0 spiro atoms. The molecule has 1 unspecified atom stereocenters. The fraction of sp³-hybridized carbons (Fsp3) is 0.462. The van der Waals surface area contributed by atoms with Crippen molar-refractivity contribution in [2.75, 3.05) is 12.4 Å². The van der Waals surface area contributed by atoms with Crippen LogP contribution in [0.2, 0.25) is 0 Å². The first-order chi connectivity index (χ1) is 8.22. The summed E-state index contributed by atoms with van der Waals surface area (Å²) in [5, 5.41) is 9.20. The van der Waals surface area contributed by atoms with Gasteiger partial charge in [0.25, 0.3) is 5.91 Å². The van der Waals surface area contributed by atoms with Crippen molar-refractivity contribution in [2.24, 2.45) is 0 Å². The van der Waals surface area contributed by atoms with Gasteiger partial charge in [-0.3, -0.25) is 4.79 Å². The fourth-order valence-electron chi connectivity index (χ4n) is 2.20. The molecule has 1 aliphatic rings. The second kappa shape index (κ2) is 5.41. The average molecular weight is 254 g/mol. The Morgan fingerprint density at radius 2 is 2.06 bits per heavy atom. The van der Waals surface area contributed by atoms with Crippen LogP contribution < -0.4 is 0 Å². The summed E-state index contributed by atoms with van der Waals surface area (Å²) in [6.45, 7) is 0.775. The molecule has 4 heteroatoms. The lowest BCUT2D eigenvalue weighted by molar-refractivity contribution is 0.0639. The highest BCUT2D eigenvalue weighted by molar-refractivity contribution is 6.18. The van der Waals surface area contributed by atoms with Gasteiger partial charge in [0.05, 0.1) is 0 Å². The molecule has 0 aliphatic carbocycles. The lowest BCUT2D eigenvalue weighted by atomic mass is 10.0. The Bertz CT molecular complexity index is 391. The van der Waals surface area contributed by atoms with Crippen molar-refractivity contribution >= 4 is 17.5 Å². The molecule has 0 radical (unpaired) electrons. The maximum Gasteiger partial charge on any atom is 0.254 e. The van der Waals surface area contributed by atoms with Crippen molar-refractivity contribution < 1.29 is 9.90 Å². The zero-order valence-corrected chi connectivity index (χ0v) is 10.4. The summed E-state index contributed by atoms with van der Waals surface area (Å²) in [6.07, 6.45) is 3.15. The molecule has 1 atom stereocenters. The second-order valence-corrected chi connectivity index (χ2v) is 4.66. The molecule has 1 aromatic rings. The number of carbonyl (C=O) groups is 1. The zero-order chi connectivity index (χ0) is 12.3. The molecule has 3 nitrogen and oxygen atoms in total. The largest absolute Gasteiger partial charge is 0.508 e. The van der Waals surface area contributed by atoms with Crippen LogP contribution in [0.5, 0.6) is 5.75 Å². The SMILES string of the molecule is O=C(c1ccc(O)cc1)N1CCCCC1CCl. The van der Waals surface area contributed by atoms with Crippen LogP contribution >= 0.6 is 11.6 Å². The number of hydrogen-bond donors (Lipinski definition) is 1. The third-order valence-corrected chi connectivity index (χ3v) is 3.54. The van der Waals surface area contributed by atoms with E-state index in [4.69, 9.17) is 11.6 Å². The van der Waals surface area contributed by atoms with E-state index >= 15 is 0 Å². The van der Waals surface area contributed by atoms with E-state index in [1.165, 1.54) is 12.1 Å². The van der Waals surface area contributed by atoms with Crippen molar-refractivity contribution in [3.63, 3.8) is 0 Å². The first-order valence-corrected chi connectivity index (χ1v) is 6.42. The second-order valence-electron chi connectivity index (χ2n) is 4.35. The summed E-state index contributed by atoms with van der Waals surface area (Å²) in [5.74, 6) is 0.675. The Balaban J connectivity index is 2.15. The molecule has 2 rings (SSSR count). The minimum atomic E-state index is 0.00958. The van der Waals surface area contributed by atoms with Crippen LogP contribution in [0.4, 0.5) is 0 Å². The van der Waals surface area contributed by atoms with E-state index in [9.17, 15) is 9.90 Å². The Morgan fingerprint density at radius 1 is 1.35 bits per heavy atom. The molecule has 1 aliphatic heterocycles. The number of carbonyl (C=O) groups excluding carboxylic acids is 1. The van der Waals surface area contributed by atoms with Gasteiger partial charge >= 0.3 is 0 Å². The highest BCUT2D eigenvalue weighted by atomic mass is 35.5. The van der Waals surface area contributed by atoms with E-state index in [0.29, 0.717) is 11.4 Å². The maximum atomic E-state index is 12.3. The Labute approximate surface area is 106 Å². The number of nitrogens with zero attached hydrogens (tertiary/aromatic N) is 1. The highest BCUT2D eigenvalue weighted by Crippen LogP contribution is 2.21. The van der Waals surface area contributed by atoms with Crippen LogP contribution in [0.15, 0.2) is 24.3 Å². The molecular formula is C13H16ClNO2. The Kier molecular flexibility index (Phi) is 3.89. The molecule has 1 fully saturated rings. The molecule has 1 aromatic carbocycles. The van der Waals surface area contributed by atoms with Gasteiger partial charge in [-0.25, -0.2) is 0 Å². The smallest absolute Gasteiger partial charge is 0.254 e. The number of phenols is 1. The number of benzene rings is 1. The van der Waals surface area contributed by atoms with Crippen LogP contribution in [0.1, 0.15) is 29.6 Å². The quantitative estimate of drug-likeness (QED) is 0.823. The lowest BCUT2D eigenvalue weighted by Gasteiger charge is -2.34. The first kappa shape index (κ1) is 12.2. The lowest BCUT2D eigenvalue weighted by Crippen LogP contribution is -2.44. The van der Waals surface area contributed by atoms with E-state index in [-0.39, 0.29) is 17.7 Å². The third kappa shape index (κ3) is 2.72. The Morgan fingerprint density at radius 3 is 2.71 bits per heavy atom. The molecule has 1 amide bonds.